The summed E-state index contributed by atoms with van der Waals surface area (Å²) >= 11 is 0. The summed E-state index contributed by atoms with van der Waals surface area (Å²) in [6, 6.07) is -0.893. The first-order valence-corrected chi connectivity index (χ1v) is 3.51. The van der Waals surface area contributed by atoms with Crippen LogP contribution in [0.4, 0.5) is 0 Å². The summed E-state index contributed by atoms with van der Waals surface area (Å²) in [5, 5.41) is 8.51. The van der Waals surface area contributed by atoms with Crippen LogP contribution in [-0.4, -0.2) is 23.7 Å². The van der Waals surface area contributed by atoms with Crippen molar-refractivity contribution in [2.45, 2.75) is 18.9 Å². The zero-order chi connectivity index (χ0) is 8.27. The van der Waals surface area contributed by atoms with E-state index in [0.29, 0.717) is 12.2 Å². The van der Waals surface area contributed by atoms with Gasteiger partial charge in [-0.2, -0.15) is 0 Å². The maximum Gasteiger partial charge on any atom is 0.324 e. The molecule has 0 saturated carbocycles. The van der Waals surface area contributed by atoms with Crippen molar-refractivity contribution in [1.29, 1.82) is 0 Å². The van der Waals surface area contributed by atoms with Crippen LogP contribution in [0.1, 0.15) is 12.8 Å². The molecule has 1 rings (SSSR count). The standard InChI is InChI=1S/C7H11NO3/c8-6(7(9)10)5-2-1-3-11-4-5/h4,6H,1-3,8H2,(H,9,10). The maximum atomic E-state index is 10.4. The molecule has 1 aliphatic heterocycles. The Hall–Kier alpha value is -1.03. The van der Waals surface area contributed by atoms with Crippen LogP contribution in [0.25, 0.3) is 0 Å². The van der Waals surface area contributed by atoms with Crippen LogP contribution in [0.15, 0.2) is 11.8 Å². The van der Waals surface area contributed by atoms with Crippen LogP contribution in [0.3, 0.4) is 0 Å². The van der Waals surface area contributed by atoms with Crippen LogP contribution in [0, 0.1) is 0 Å². The molecule has 1 atom stereocenters. The number of hydrogen-bond acceptors (Lipinski definition) is 3. The summed E-state index contributed by atoms with van der Waals surface area (Å²) in [5.74, 6) is -0.998. The average Bonchev–Trinajstić information content (AvgIpc) is 2.05. The van der Waals surface area contributed by atoms with Gasteiger partial charge in [0.2, 0.25) is 0 Å². The normalized spacial score (nSPS) is 19.9. The van der Waals surface area contributed by atoms with E-state index < -0.39 is 12.0 Å². The summed E-state index contributed by atoms with van der Waals surface area (Å²) in [6.07, 6.45) is 3.04. The van der Waals surface area contributed by atoms with Gasteiger partial charge in [-0.15, -0.1) is 0 Å². The quantitative estimate of drug-likeness (QED) is 0.596. The molecule has 4 nitrogen and oxygen atoms in total. The second-order valence-electron chi connectivity index (χ2n) is 2.48. The second kappa shape index (κ2) is 3.39. The number of carbonyl (C=O) groups is 1. The predicted octanol–water partition coefficient (Wildman–Crippen LogP) is 0.0926. The van der Waals surface area contributed by atoms with Gasteiger partial charge in [-0.25, -0.2) is 0 Å². The van der Waals surface area contributed by atoms with Crippen LogP contribution >= 0.6 is 0 Å². The third kappa shape index (κ3) is 1.94. The van der Waals surface area contributed by atoms with Gasteiger partial charge in [-0.1, -0.05) is 0 Å². The minimum Gasteiger partial charge on any atom is -0.501 e. The Bertz CT molecular complexity index is 188. The molecule has 0 fully saturated rings. The lowest BCUT2D eigenvalue weighted by Gasteiger charge is -2.16. The fourth-order valence-corrected chi connectivity index (χ4v) is 0.972. The number of hydrogen-bond donors (Lipinski definition) is 2. The molecule has 0 aromatic rings. The van der Waals surface area contributed by atoms with E-state index in [0.717, 1.165) is 12.8 Å². The van der Waals surface area contributed by atoms with E-state index in [4.69, 9.17) is 15.6 Å². The largest absolute Gasteiger partial charge is 0.501 e. The molecule has 3 N–H and O–H groups in total. The number of aliphatic carboxylic acids is 1. The van der Waals surface area contributed by atoms with Crippen LogP contribution in [0.2, 0.25) is 0 Å². The van der Waals surface area contributed by atoms with Crippen molar-refractivity contribution in [2.75, 3.05) is 6.61 Å². The van der Waals surface area contributed by atoms with Gasteiger partial charge in [0.15, 0.2) is 0 Å². The van der Waals surface area contributed by atoms with E-state index in [1.807, 2.05) is 0 Å². The average molecular weight is 157 g/mol. The lowest BCUT2D eigenvalue weighted by molar-refractivity contribution is -0.137. The first kappa shape index (κ1) is 8.07. The van der Waals surface area contributed by atoms with Crippen LogP contribution in [0.5, 0.6) is 0 Å². The Morgan fingerprint density at radius 1 is 1.82 bits per heavy atom. The molecule has 4 heteroatoms. The van der Waals surface area contributed by atoms with Gasteiger partial charge in [-0.3, -0.25) is 4.79 Å². The summed E-state index contributed by atoms with van der Waals surface area (Å²) < 4.78 is 4.95. The highest BCUT2D eigenvalue weighted by Crippen LogP contribution is 2.14. The first-order valence-electron chi connectivity index (χ1n) is 3.51. The van der Waals surface area contributed by atoms with Gasteiger partial charge in [0, 0.05) is 0 Å². The summed E-state index contributed by atoms with van der Waals surface area (Å²) in [6.45, 7) is 0.663. The third-order valence-corrected chi connectivity index (χ3v) is 1.63. The molecular weight excluding hydrogens is 146 g/mol. The fourth-order valence-electron chi connectivity index (χ4n) is 0.972. The van der Waals surface area contributed by atoms with E-state index in [1.165, 1.54) is 6.26 Å². The molecule has 1 heterocycles. The molecule has 11 heavy (non-hydrogen) atoms. The molecule has 0 aliphatic carbocycles. The van der Waals surface area contributed by atoms with Crippen molar-refractivity contribution in [2.24, 2.45) is 5.73 Å². The molecule has 0 radical (unpaired) electrons. The van der Waals surface area contributed by atoms with Gasteiger partial charge >= 0.3 is 5.97 Å². The third-order valence-electron chi connectivity index (χ3n) is 1.63. The van der Waals surface area contributed by atoms with Crippen molar-refractivity contribution < 1.29 is 14.6 Å². The Morgan fingerprint density at radius 3 is 3.00 bits per heavy atom. The van der Waals surface area contributed by atoms with Crippen molar-refractivity contribution in [3.8, 4) is 0 Å². The van der Waals surface area contributed by atoms with Crippen molar-refractivity contribution >= 4 is 5.97 Å². The van der Waals surface area contributed by atoms with Crippen LogP contribution < -0.4 is 5.73 Å². The van der Waals surface area contributed by atoms with Gasteiger partial charge in [0.25, 0.3) is 0 Å². The number of carboxylic acids is 1. The molecule has 0 spiro atoms. The van der Waals surface area contributed by atoms with Crippen molar-refractivity contribution in [3.63, 3.8) is 0 Å². The lowest BCUT2D eigenvalue weighted by atomic mass is 10.0. The van der Waals surface area contributed by atoms with E-state index in [1.54, 1.807) is 0 Å². The molecule has 1 unspecified atom stereocenters. The molecule has 0 amide bonds. The van der Waals surface area contributed by atoms with E-state index in [-0.39, 0.29) is 0 Å². The highest BCUT2D eigenvalue weighted by molar-refractivity contribution is 5.77. The van der Waals surface area contributed by atoms with Gasteiger partial charge in [0.1, 0.15) is 6.04 Å². The summed E-state index contributed by atoms with van der Waals surface area (Å²) in [4.78, 5) is 10.4. The summed E-state index contributed by atoms with van der Waals surface area (Å²) in [7, 11) is 0. The van der Waals surface area contributed by atoms with E-state index >= 15 is 0 Å². The topological polar surface area (TPSA) is 72.6 Å². The Kier molecular flexibility index (Phi) is 2.48. The molecule has 1 aliphatic rings. The molecular formula is C7H11NO3. The minimum atomic E-state index is -0.998. The SMILES string of the molecule is NC(C(=O)O)C1=COCCC1. The molecule has 62 valence electrons. The molecule has 0 aromatic carbocycles. The zero-order valence-electron chi connectivity index (χ0n) is 6.12. The number of rotatable bonds is 2. The van der Waals surface area contributed by atoms with E-state index in [9.17, 15) is 4.79 Å². The molecule has 0 aromatic heterocycles. The highest BCUT2D eigenvalue weighted by atomic mass is 16.5. The number of nitrogens with two attached hydrogens (primary N) is 1. The Morgan fingerprint density at radius 2 is 2.55 bits per heavy atom. The van der Waals surface area contributed by atoms with Gasteiger partial charge in [-0.05, 0) is 18.4 Å². The Balaban J connectivity index is 2.58. The second-order valence-corrected chi connectivity index (χ2v) is 2.48. The maximum absolute atomic E-state index is 10.4. The number of ether oxygens (including phenoxy) is 1. The number of carboxylic acid groups (broad SMARTS) is 1. The lowest BCUT2D eigenvalue weighted by Crippen LogP contribution is -2.33. The van der Waals surface area contributed by atoms with Gasteiger partial charge < -0.3 is 15.6 Å². The van der Waals surface area contributed by atoms with Crippen LogP contribution in [-0.2, 0) is 9.53 Å². The summed E-state index contributed by atoms with van der Waals surface area (Å²) in [5.41, 5.74) is 6.01. The monoisotopic (exact) mass is 157 g/mol. The van der Waals surface area contributed by atoms with Gasteiger partial charge in [0.05, 0.1) is 12.9 Å². The fraction of sp³-hybridized carbons (Fsp3) is 0.571. The first-order chi connectivity index (χ1) is 5.22. The zero-order valence-corrected chi connectivity index (χ0v) is 6.12. The molecule has 0 saturated heterocycles. The van der Waals surface area contributed by atoms with Crippen molar-refractivity contribution in [3.05, 3.63) is 11.8 Å². The van der Waals surface area contributed by atoms with E-state index in [2.05, 4.69) is 0 Å². The highest BCUT2D eigenvalue weighted by Gasteiger charge is 2.18. The Labute approximate surface area is 64.6 Å². The van der Waals surface area contributed by atoms with Crippen molar-refractivity contribution in [1.82, 2.24) is 0 Å². The molecule has 0 bridgehead atoms. The predicted molar refractivity (Wildman–Crippen MR) is 38.9 cm³/mol. The smallest absolute Gasteiger partial charge is 0.324 e. The minimum absolute atomic E-state index is 0.663.